The van der Waals surface area contributed by atoms with E-state index in [9.17, 15) is 18.0 Å². The maximum Gasteiger partial charge on any atom is 0.310 e. The second-order valence-corrected chi connectivity index (χ2v) is 9.25. The lowest BCUT2D eigenvalue weighted by Gasteiger charge is -2.32. The number of nitrogens with one attached hydrogen (secondary N) is 1. The molecule has 144 valence electrons. The molecule has 2 N–H and O–H groups in total. The van der Waals surface area contributed by atoms with E-state index >= 15 is 0 Å². The van der Waals surface area contributed by atoms with E-state index in [0.29, 0.717) is 6.54 Å². The minimum absolute atomic E-state index is 0.0543. The zero-order valence-corrected chi connectivity index (χ0v) is 16.2. The summed E-state index contributed by atoms with van der Waals surface area (Å²) in [7, 11) is -3.66. The summed E-state index contributed by atoms with van der Waals surface area (Å²) < 4.78 is 27.3. The van der Waals surface area contributed by atoms with Crippen molar-refractivity contribution >= 4 is 21.9 Å². The maximum absolute atomic E-state index is 12.9. The fourth-order valence-corrected chi connectivity index (χ4v) is 4.59. The zero-order chi connectivity index (χ0) is 19.5. The summed E-state index contributed by atoms with van der Waals surface area (Å²) in [6, 6.07) is 5.80. The smallest absolute Gasteiger partial charge is 0.310 e. The van der Waals surface area contributed by atoms with Crippen molar-refractivity contribution in [3.8, 4) is 0 Å². The number of piperidine rings is 1. The van der Waals surface area contributed by atoms with Gasteiger partial charge in [0, 0.05) is 24.7 Å². The second kappa shape index (κ2) is 7.75. The minimum Gasteiger partial charge on any atom is -0.481 e. The molecule has 0 aliphatic carbocycles. The summed E-state index contributed by atoms with van der Waals surface area (Å²) in [6.07, 6.45) is 2.66. The van der Waals surface area contributed by atoms with Gasteiger partial charge in [0.05, 0.1) is 10.3 Å². The van der Waals surface area contributed by atoms with Crippen LogP contribution in [-0.4, -0.2) is 48.8 Å². The van der Waals surface area contributed by atoms with Gasteiger partial charge >= 0.3 is 5.97 Å². The average Bonchev–Trinajstić information content (AvgIpc) is 2.60. The largest absolute Gasteiger partial charge is 0.481 e. The van der Waals surface area contributed by atoms with Crippen LogP contribution in [0.3, 0.4) is 0 Å². The van der Waals surface area contributed by atoms with E-state index in [-0.39, 0.29) is 23.0 Å². The third-order valence-electron chi connectivity index (χ3n) is 4.71. The number of carboxylic acid groups (broad SMARTS) is 1. The number of hydrogen-bond acceptors (Lipinski definition) is 4. The predicted molar refractivity (Wildman–Crippen MR) is 97.4 cm³/mol. The highest BCUT2D eigenvalue weighted by atomic mass is 32.2. The van der Waals surface area contributed by atoms with Gasteiger partial charge in [-0.05, 0) is 51.8 Å². The van der Waals surface area contributed by atoms with Crippen LogP contribution in [-0.2, 0) is 14.8 Å². The van der Waals surface area contributed by atoms with Crippen LogP contribution >= 0.6 is 0 Å². The molecule has 26 heavy (non-hydrogen) atoms. The molecule has 1 saturated heterocycles. The highest BCUT2D eigenvalue weighted by molar-refractivity contribution is 7.89. The fourth-order valence-electron chi connectivity index (χ4n) is 2.84. The van der Waals surface area contributed by atoms with Gasteiger partial charge in [0.25, 0.3) is 5.91 Å². The molecular formula is C18H26N2O5S. The molecule has 1 heterocycles. The molecule has 0 bridgehead atoms. The number of carboxylic acids is 1. The van der Waals surface area contributed by atoms with Crippen molar-refractivity contribution in [2.75, 3.05) is 13.1 Å². The van der Waals surface area contributed by atoms with Crippen LogP contribution in [0.5, 0.6) is 0 Å². The van der Waals surface area contributed by atoms with Crippen molar-refractivity contribution in [3.05, 3.63) is 29.8 Å². The summed E-state index contributed by atoms with van der Waals surface area (Å²) in [6.45, 7) is 5.33. The first-order chi connectivity index (χ1) is 12.1. The Hall–Kier alpha value is -1.93. The molecule has 7 nitrogen and oxygen atoms in total. The van der Waals surface area contributed by atoms with Crippen LogP contribution in [0, 0.1) is 5.41 Å². The van der Waals surface area contributed by atoms with Gasteiger partial charge in [0.2, 0.25) is 10.0 Å². The van der Waals surface area contributed by atoms with Crippen molar-refractivity contribution in [2.24, 2.45) is 5.41 Å². The molecule has 1 aliphatic rings. The number of aliphatic carboxylic acids is 1. The van der Waals surface area contributed by atoms with Crippen LogP contribution in [0.4, 0.5) is 0 Å². The van der Waals surface area contributed by atoms with E-state index in [2.05, 4.69) is 5.32 Å². The molecule has 1 aromatic rings. The van der Waals surface area contributed by atoms with Crippen molar-refractivity contribution in [1.29, 1.82) is 0 Å². The lowest BCUT2D eigenvalue weighted by Crippen LogP contribution is -2.42. The first-order valence-corrected chi connectivity index (χ1v) is 10.1. The Morgan fingerprint density at radius 3 is 2.62 bits per heavy atom. The monoisotopic (exact) mass is 382 g/mol. The Morgan fingerprint density at radius 2 is 2.00 bits per heavy atom. The maximum atomic E-state index is 12.9. The Kier molecular flexibility index (Phi) is 6.08. The second-order valence-electron chi connectivity index (χ2n) is 7.36. The number of hydrogen-bond donors (Lipinski definition) is 2. The number of benzene rings is 1. The SMILES string of the molecule is CC1CCCCN1S(=O)(=O)c1cccc(C(=O)NCC(C)(C)C(=O)O)c1. The molecule has 2 rings (SSSR count). The molecule has 1 aromatic carbocycles. The van der Waals surface area contributed by atoms with Gasteiger partial charge in [-0.25, -0.2) is 8.42 Å². The van der Waals surface area contributed by atoms with Crippen LogP contribution in [0.25, 0.3) is 0 Å². The molecular weight excluding hydrogens is 356 g/mol. The number of rotatable bonds is 6. The van der Waals surface area contributed by atoms with Gasteiger partial charge in [-0.15, -0.1) is 0 Å². The molecule has 1 fully saturated rings. The number of carbonyl (C=O) groups excluding carboxylic acids is 1. The molecule has 1 amide bonds. The summed E-state index contributed by atoms with van der Waals surface area (Å²) in [4.78, 5) is 23.5. The molecule has 0 spiro atoms. The third-order valence-corrected chi connectivity index (χ3v) is 6.72. The van der Waals surface area contributed by atoms with Crippen molar-refractivity contribution in [3.63, 3.8) is 0 Å². The van der Waals surface area contributed by atoms with Gasteiger partial charge in [-0.1, -0.05) is 12.5 Å². The van der Waals surface area contributed by atoms with Crippen LogP contribution in [0.2, 0.25) is 0 Å². The van der Waals surface area contributed by atoms with E-state index in [0.717, 1.165) is 19.3 Å². The van der Waals surface area contributed by atoms with E-state index in [1.165, 1.54) is 42.4 Å². The third kappa shape index (κ3) is 4.42. The first kappa shape index (κ1) is 20.4. The lowest BCUT2D eigenvalue weighted by atomic mass is 9.94. The Balaban J connectivity index is 2.19. The molecule has 1 unspecified atom stereocenters. The topological polar surface area (TPSA) is 104 Å². The number of carbonyl (C=O) groups is 2. The number of nitrogens with zero attached hydrogens (tertiary/aromatic N) is 1. The van der Waals surface area contributed by atoms with Crippen molar-refractivity contribution in [2.45, 2.75) is 51.0 Å². The Labute approximate surface area is 154 Å². The molecule has 0 radical (unpaired) electrons. The van der Waals surface area contributed by atoms with Crippen LogP contribution < -0.4 is 5.32 Å². The summed E-state index contributed by atoms with van der Waals surface area (Å²) in [5, 5.41) is 11.7. The van der Waals surface area contributed by atoms with Crippen molar-refractivity contribution in [1.82, 2.24) is 9.62 Å². The van der Waals surface area contributed by atoms with Crippen LogP contribution in [0.1, 0.15) is 50.4 Å². The summed E-state index contributed by atoms with van der Waals surface area (Å²) >= 11 is 0. The normalized spacial score (nSPS) is 19.1. The molecule has 1 atom stereocenters. The lowest BCUT2D eigenvalue weighted by molar-refractivity contribution is -0.146. The van der Waals surface area contributed by atoms with Gasteiger partial charge in [0.1, 0.15) is 0 Å². The number of sulfonamides is 1. The standard InChI is InChI=1S/C18H26N2O5S/c1-13-7-4-5-10-20(13)26(24,25)15-9-6-8-14(11-15)16(21)19-12-18(2,3)17(22)23/h6,8-9,11,13H,4-5,7,10,12H2,1-3H3,(H,19,21)(H,22,23). The quantitative estimate of drug-likeness (QED) is 0.784. The van der Waals surface area contributed by atoms with E-state index in [4.69, 9.17) is 5.11 Å². The molecule has 0 aromatic heterocycles. The van der Waals surface area contributed by atoms with E-state index in [1.54, 1.807) is 0 Å². The minimum atomic E-state index is -3.66. The Morgan fingerprint density at radius 1 is 1.31 bits per heavy atom. The van der Waals surface area contributed by atoms with Gasteiger partial charge in [-0.2, -0.15) is 4.31 Å². The molecule has 1 aliphatic heterocycles. The van der Waals surface area contributed by atoms with Gasteiger partial charge < -0.3 is 10.4 Å². The number of amides is 1. The van der Waals surface area contributed by atoms with Gasteiger partial charge in [0.15, 0.2) is 0 Å². The van der Waals surface area contributed by atoms with Crippen molar-refractivity contribution < 1.29 is 23.1 Å². The average molecular weight is 382 g/mol. The molecule has 0 saturated carbocycles. The van der Waals surface area contributed by atoms with Gasteiger partial charge in [-0.3, -0.25) is 9.59 Å². The van der Waals surface area contributed by atoms with E-state index in [1.807, 2.05) is 6.92 Å². The Bertz CT molecular complexity index is 789. The summed E-state index contributed by atoms with van der Waals surface area (Å²) in [5.74, 6) is -1.52. The first-order valence-electron chi connectivity index (χ1n) is 8.69. The van der Waals surface area contributed by atoms with E-state index < -0.39 is 27.3 Å². The van der Waals surface area contributed by atoms with Crippen LogP contribution in [0.15, 0.2) is 29.2 Å². The highest BCUT2D eigenvalue weighted by Crippen LogP contribution is 2.25. The summed E-state index contributed by atoms with van der Waals surface area (Å²) in [5.41, 5.74) is -0.917. The molecule has 8 heteroatoms. The fraction of sp³-hybridized carbons (Fsp3) is 0.556. The highest BCUT2D eigenvalue weighted by Gasteiger charge is 2.31. The zero-order valence-electron chi connectivity index (χ0n) is 15.4. The predicted octanol–water partition coefficient (Wildman–Crippen LogP) is 2.09.